The molecule has 1 N–H and O–H groups in total. The van der Waals surface area contributed by atoms with Gasteiger partial charge in [0.05, 0.1) is 6.04 Å². The molecular weight excluding hydrogens is 369 g/mol. The topological polar surface area (TPSA) is 40.5 Å². The maximum atomic E-state index is 11.7. The van der Waals surface area contributed by atoms with Gasteiger partial charge in [-0.15, -0.1) is 0 Å². The van der Waals surface area contributed by atoms with Gasteiger partial charge < -0.3 is 5.11 Å². The van der Waals surface area contributed by atoms with Crippen molar-refractivity contribution in [1.82, 2.24) is 4.90 Å². The lowest BCUT2D eigenvalue weighted by Crippen LogP contribution is -2.39. The van der Waals surface area contributed by atoms with E-state index in [1.807, 2.05) is 29.2 Å². The largest absolute Gasteiger partial charge is 0.480 e. The molecule has 2 unspecified atom stereocenters. The molecule has 0 saturated carbocycles. The van der Waals surface area contributed by atoms with Crippen molar-refractivity contribution in [1.29, 1.82) is 0 Å². The highest BCUT2D eigenvalue weighted by atomic mass is 35.5. The van der Waals surface area contributed by atoms with Crippen LogP contribution in [0.2, 0.25) is 15.1 Å². The SMILES string of the molecule is O=C(O)C1CCCN1C(c1cccc(Cl)c1)c1ccc(Cl)cc1Cl. The summed E-state index contributed by atoms with van der Waals surface area (Å²) < 4.78 is 0. The van der Waals surface area contributed by atoms with Crippen LogP contribution in [-0.4, -0.2) is 28.6 Å². The molecule has 2 aromatic rings. The molecule has 1 aliphatic heterocycles. The van der Waals surface area contributed by atoms with Crippen LogP contribution in [-0.2, 0) is 4.79 Å². The molecule has 1 aliphatic rings. The first-order chi connectivity index (χ1) is 11.5. The molecule has 0 aliphatic carbocycles. The van der Waals surface area contributed by atoms with Crippen LogP contribution in [0.3, 0.4) is 0 Å². The summed E-state index contributed by atoms with van der Waals surface area (Å²) in [6.07, 6.45) is 1.46. The van der Waals surface area contributed by atoms with Gasteiger partial charge in [-0.25, -0.2) is 0 Å². The summed E-state index contributed by atoms with van der Waals surface area (Å²) in [6.45, 7) is 0.688. The van der Waals surface area contributed by atoms with Crippen molar-refractivity contribution in [2.24, 2.45) is 0 Å². The van der Waals surface area contributed by atoms with Crippen LogP contribution in [0.15, 0.2) is 42.5 Å². The van der Waals surface area contributed by atoms with E-state index in [1.54, 1.807) is 18.2 Å². The van der Waals surface area contributed by atoms with Gasteiger partial charge in [-0.2, -0.15) is 0 Å². The predicted molar refractivity (Wildman–Crippen MR) is 97.1 cm³/mol. The number of nitrogens with zero attached hydrogens (tertiary/aromatic N) is 1. The number of rotatable bonds is 4. The van der Waals surface area contributed by atoms with Crippen LogP contribution in [0.5, 0.6) is 0 Å². The Hall–Kier alpha value is -1.26. The molecule has 2 atom stereocenters. The second-order valence-corrected chi connectivity index (χ2v) is 7.14. The number of hydrogen-bond acceptors (Lipinski definition) is 2. The lowest BCUT2D eigenvalue weighted by molar-refractivity contribution is -0.142. The third kappa shape index (κ3) is 3.55. The van der Waals surface area contributed by atoms with Crippen LogP contribution in [0.4, 0.5) is 0 Å². The normalized spacial score (nSPS) is 19.4. The Morgan fingerprint density at radius 2 is 1.88 bits per heavy atom. The summed E-state index contributed by atoms with van der Waals surface area (Å²) in [5, 5.41) is 11.2. The Bertz CT molecular complexity index is 766. The molecule has 3 rings (SSSR count). The molecule has 1 heterocycles. The third-order valence-corrected chi connectivity index (χ3v) is 5.13. The van der Waals surface area contributed by atoms with Crippen molar-refractivity contribution in [3.8, 4) is 0 Å². The minimum Gasteiger partial charge on any atom is -0.480 e. The van der Waals surface area contributed by atoms with E-state index in [9.17, 15) is 9.90 Å². The van der Waals surface area contributed by atoms with Crippen LogP contribution < -0.4 is 0 Å². The van der Waals surface area contributed by atoms with E-state index in [0.29, 0.717) is 28.0 Å². The van der Waals surface area contributed by atoms with E-state index >= 15 is 0 Å². The zero-order valence-electron chi connectivity index (χ0n) is 12.8. The number of carboxylic acids is 1. The third-order valence-electron chi connectivity index (χ3n) is 4.33. The molecule has 1 saturated heterocycles. The Labute approximate surface area is 155 Å². The Kier molecular flexibility index (Phi) is 5.36. The van der Waals surface area contributed by atoms with Gasteiger partial charge in [0.15, 0.2) is 0 Å². The fraction of sp³-hybridized carbons (Fsp3) is 0.278. The van der Waals surface area contributed by atoms with Crippen molar-refractivity contribution < 1.29 is 9.90 Å². The number of hydrogen-bond donors (Lipinski definition) is 1. The standard InChI is InChI=1S/C18H16Cl3NO2/c19-12-4-1-3-11(9-12)17(14-7-6-13(20)10-15(14)21)22-8-2-5-16(22)18(23)24/h1,3-4,6-7,9-10,16-17H,2,5,8H2,(H,23,24). The van der Waals surface area contributed by atoms with Gasteiger partial charge >= 0.3 is 5.97 Å². The Morgan fingerprint density at radius 1 is 1.12 bits per heavy atom. The van der Waals surface area contributed by atoms with Gasteiger partial charge in [0.2, 0.25) is 0 Å². The summed E-state index contributed by atoms with van der Waals surface area (Å²) in [6, 6.07) is 11.9. The molecule has 126 valence electrons. The van der Waals surface area contributed by atoms with Crippen LogP contribution in [0.25, 0.3) is 0 Å². The predicted octanol–water partition coefficient (Wildman–Crippen LogP) is 5.29. The minimum atomic E-state index is -0.815. The summed E-state index contributed by atoms with van der Waals surface area (Å²) in [4.78, 5) is 13.6. The second-order valence-electron chi connectivity index (χ2n) is 5.86. The van der Waals surface area contributed by atoms with E-state index in [1.165, 1.54) is 0 Å². The average Bonchev–Trinajstić information content (AvgIpc) is 2.99. The lowest BCUT2D eigenvalue weighted by Gasteiger charge is -2.32. The summed E-state index contributed by atoms with van der Waals surface area (Å²) in [7, 11) is 0. The maximum absolute atomic E-state index is 11.7. The molecule has 0 spiro atoms. The van der Waals surface area contributed by atoms with Crippen molar-refractivity contribution >= 4 is 40.8 Å². The Morgan fingerprint density at radius 3 is 2.54 bits per heavy atom. The first kappa shape index (κ1) is 17.6. The highest BCUT2D eigenvalue weighted by Crippen LogP contribution is 2.39. The fourth-order valence-corrected chi connectivity index (χ4v) is 4.02. The maximum Gasteiger partial charge on any atom is 0.320 e. The molecule has 0 bridgehead atoms. The smallest absolute Gasteiger partial charge is 0.320 e. The van der Waals surface area contributed by atoms with Crippen LogP contribution in [0.1, 0.15) is 30.0 Å². The lowest BCUT2D eigenvalue weighted by atomic mass is 9.96. The molecule has 0 aromatic heterocycles. The van der Waals surface area contributed by atoms with E-state index in [2.05, 4.69) is 0 Å². The Balaban J connectivity index is 2.12. The number of halogens is 3. The van der Waals surface area contributed by atoms with Crippen molar-refractivity contribution in [3.63, 3.8) is 0 Å². The van der Waals surface area contributed by atoms with E-state index in [0.717, 1.165) is 17.5 Å². The molecule has 3 nitrogen and oxygen atoms in total. The van der Waals surface area contributed by atoms with E-state index < -0.39 is 12.0 Å². The second kappa shape index (κ2) is 7.32. The summed E-state index contributed by atoms with van der Waals surface area (Å²) in [5.41, 5.74) is 1.75. The molecule has 0 amide bonds. The van der Waals surface area contributed by atoms with Crippen molar-refractivity contribution in [3.05, 3.63) is 68.7 Å². The molecule has 6 heteroatoms. The van der Waals surface area contributed by atoms with Gasteiger partial charge in [-0.1, -0.05) is 53.0 Å². The van der Waals surface area contributed by atoms with Gasteiger partial charge in [0.25, 0.3) is 0 Å². The van der Waals surface area contributed by atoms with E-state index in [-0.39, 0.29) is 6.04 Å². The van der Waals surface area contributed by atoms with E-state index in [4.69, 9.17) is 34.8 Å². The quantitative estimate of drug-likeness (QED) is 0.779. The van der Waals surface area contributed by atoms with Crippen molar-refractivity contribution in [2.75, 3.05) is 6.54 Å². The molecule has 2 aromatic carbocycles. The molecule has 1 fully saturated rings. The summed E-state index contributed by atoms with van der Waals surface area (Å²) in [5.74, 6) is -0.815. The average molecular weight is 385 g/mol. The number of carboxylic acid groups (broad SMARTS) is 1. The zero-order chi connectivity index (χ0) is 17.3. The van der Waals surface area contributed by atoms with Crippen LogP contribution in [0, 0.1) is 0 Å². The number of aliphatic carboxylic acids is 1. The first-order valence-electron chi connectivity index (χ1n) is 7.66. The molecule has 24 heavy (non-hydrogen) atoms. The van der Waals surface area contributed by atoms with Gasteiger partial charge in [-0.05, 0) is 48.2 Å². The van der Waals surface area contributed by atoms with Crippen LogP contribution >= 0.6 is 34.8 Å². The van der Waals surface area contributed by atoms with Gasteiger partial charge in [0.1, 0.15) is 6.04 Å². The van der Waals surface area contributed by atoms with Crippen molar-refractivity contribution in [2.45, 2.75) is 24.9 Å². The number of benzene rings is 2. The first-order valence-corrected chi connectivity index (χ1v) is 8.79. The van der Waals surface area contributed by atoms with Gasteiger partial charge in [-0.3, -0.25) is 9.69 Å². The number of likely N-dealkylation sites (tertiary alicyclic amines) is 1. The monoisotopic (exact) mass is 383 g/mol. The fourth-order valence-electron chi connectivity index (χ4n) is 3.31. The number of carbonyl (C=O) groups is 1. The highest BCUT2D eigenvalue weighted by molar-refractivity contribution is 6.35. The molecule has 0 radical (unpaired) electrons. The minimum absolute atomic E-state index is 0.280. The molecular formula is C18H16Cl3NO2. The highest BCUT2D eigenvalue weighted by Gasteiger charge is 2.37. The summed E-state index contributed by atoms with van der Waals surface area (Å²) >= 11 is 18.6. The van der Waals surface area contributed by atoms with Gasteiger partial charge in [0, 0.05) is 21.6 Å². The zero-order valence-corrected chi connectivity index (χ0v) is 15.0.